The van der Waals surface area contributed by atoms with Crippen molar-refractivity contribution in [2.75, 3.05) is 26.2 Å². The number of carbonyl (C=O) groups excluding carboxylic acids is 1. The minimum absolute atomic E-state index is 0.249. The van der Waals surface area contributed by atoms with Crippen molar-refractivity contribution < 1.29 is 4.79 Å². The number of hydrogen-bond acceptors (Lipinski definition) is 3. The van der Waals surface area contributed by atoms with Crippen LogP contribution in [0.3, 0.4) is 0 Å². The second kappa shape index (κ2) is 5.10. The summed E-state index contributed by atoms with van der Waals surface area (Å²) in [5.41, 5.74) is 0.837. The molecule has 0 radical (unpaired) electrons. The topological polar surface area (TPSA) is 28.5 Å². The summed E-state index contributed by atoms with van der Waals surface area (Å²) in [6.07, 6.45) is 6.46. The highest BCUT2D eigenvalue weighted by Crippen LogP contribution is 2.24. The largest absolute Gasteiger partial charge is 0.357 e. The average molecular weight is 261 g/mol. The van der Waals surface area contributed by atoms with Crippen LogP contribution in [-0.4, -0.2) is 58.4 Å². The molecule has 2 saturated heterocycles. The van der Waals surface area contributed by atoms with Crippen molar-refractivity contribution in [1.29, 1.82) is 0 Å². The van der Waals surface area contributed by atoms with Crippen molar-refractivity contribution in [3.05, 3.63) is 24.0 Å². The minimum Gasteiger partial charge on any atom is -0.357 e. The van der Waals surface area contributed by atoms with Crippen LogP contribution in [0, 0.1) is 0 Å². The number of aromatic nitrogens is 1. The van der Waals surface area contributed by atoms with E-state index in [0.717, 1.165) is 18.7 Å². The maximum atomic E-state index is 12.3. The summed E-state index contributed by atoms with van der Waals surface area (Å²) in [5, 5.41) is 0. The quantitative estimate of drug-likeness (QED) is 0.770. The van der Waals surface area contributed by atoms with E-state index in [1.807, 2.05) is 30.1 Å². The lowest BCUT2D eigenvalue weighted by Gasteiger charge is -2.41. The Bertz CT molecular complexity index is 468. The molecule has 4 heteroatoms. The molecule has 2 atom stereocenters. The van der Waals surface area contributed by atoms with Gasteiger partial charge in [0.2, 0.25) is 0 Å². The summed E-state index contributed by atoms with van der Waals surface area (Å²) in [7, 11) is 1.96. The maximum Gasteiger partial charge on any atom is 0.178 e. The first-order chi connectivity index (χ1) is 9.13. The molecule has 4 nitrogen and oxygen atoms in total. The second-order valence-corrected chi connectivity index (χ2v) is 6.06. The third kappa shape index (κ3) is 2.60. The van der Waals surface area contributed by atoms with E-state index in [4.69, 9.17) is 0 Å². The normalized spacial score (nSPS) is 28.5. The van der Waals surface area contributed by atoms with Crippen molar-refractivity contribution in [3.63, 3.8) is 0 Å². The smallest absolute Gasteiger partial charge is 0.178 e. The van der Waals surface area contributed by atoms with Gasteiger partial charge < -0.3 is 4.57 Å². The van der Waals surface area contributed by atoms with Gasteiger partial charge in [-0.05, 0) is 32.4 Å². The van der Waals surface area contributed by atoms with Gasteiger partial charge in [0, 0.05) is 50.2 Å². The molecule has 19 heavy (non-hydrogen) atoms. The predicted octanol–water partition coefficient (Wildman–Crippen LogP) is 1.38. The summed E-state index contributed by atoms with van der Waals surface area (Å²) in [5.74, 6) is 0.249. The predicted molar refractivity (Wildman–Crippen MR) is 75.4 cm³/mol. The van der Waals surface area contributed by atoms with Crippen molar-refractivity contribution in [2.45, 2.75) is 31.8 Å². The minimum atomic E-state index is 0.249. The van der Waals surface area contributed by atoms with Crippen LogP contribution in [0.4, 0.5) is 0 Å². The van der Waals surface area contributed by atoms with Gasteiger partial charge in [0.05, 0.1) is 6.54 Å². The Balaban J connectivity index is 1.64. The molecule has 104 valence electrons. The molecule has 0 amide bonds. The molecule has 3 rings (SSSR count). The first kappa shape index (κ1) is 12.9. The van der Waals surface area contributed by atoms with E-state index in [1.165, 1.54) is 19.4 Å². The van der Waals surface area contributed by atoms with Crippen LogP contribution in [0.1, 0.15) is 30.1 Å². The van der Waals surface area contributed by atoms with Gasteiger partial charge in [-0.3, -0.25) is 14.6 Å². The third-order valence-electron chi connectivity index (χ3n) is 4.57. The van der Waals surface area contributed by atoms with Crippen LogP contribution in [0.25, 0.3) is 0 Å². The Morgan fingerprint density at radius 3 is 3.00 bits per heavy atom. The molecular formula is C15H23N3O. The Morgan fingerprint density at radius 2 is 2.26 bits per heavy atom. The molecule has 0 aromatic carbocycles. The zero-order valence-corrected chi connectivity index (χ0v) is 11.9. The van der Waals surface area contributed by atoms with Crippen LogP contribution < -0.4 is 0 Å². The van der Waals surface area contributed by atoms with Crippen LogP contribution >= 0.6 is 0 Å². The fourth-order valence-electron chi connectivity index (χ4n) is 3.41. The lowest BCUT2D eigenvalue weighted by atomic mass is 10.1. The fraction of sp³-hybridized carbons (Fsp3) is 0.667. The number of hydrogen-bond donors (Lipinski definition) is 0. The molecular weight excluding hydrogens is 238 g/mol. The van der Waals surface area contributed by atoms with E-state index in [1.54, 1.807) is 0 Å². The van der Waals surface area contributed by atoms with Crippen LogP contribution in [0.5, 0.6) is 0 Å². The average Bonchev–Trinajstić information content (AvgIpc) is 2.98. The number of Topliss-reactive ketones (excluding diaryl/α,β-unsaturated/α-hetero) is 1. The molecule has 0 bridgehead atoms. The monoisotopic (exact) mass is 261 g/mol. The molecule has 1 aromatic rings. The van der Waals surface area contributed by atoms with Gasteiger partial charge in [-0.1, -0.05) is 0 Å². The van der Waals surface area contributed by atoms with E-state index in [-0.39, 0.29) is 5.78 Å². The van der Waals surface area contributed by atoms with Crippen molar-refractivity contribution >= 4 is 5.78 Å². The van der Waals surface area contributed by atoms with E-state index in [2.05, 4.69) is 16.7 Å². The number of nitrogens with zero attached hydrogens (tertiary/aromatic N) is 3. The standard InChI is InChI=1S/C15H23N3O/c1-12-8-17-6-3-4-14(17)10-18(12)11-15(19)13-5-7-16(2)9-13/h5,7,9,12,14H,3-4,6,8,10-11H2,1-2H3. The maximum absolute atomic E-state index is 12.3. The Morgan fingerprint density at radius 1 is 1.42 bits per heavy atom. The van der Waals surface area contributed by atoms with Gasteiger partial charge in [0.15, 0.2) is 5.78 Å². The zero-order valence-electron chi connectivity index (χ0n) is 11.9. The molecule has 0 aliphatic carbocycles. The molecule has 0 N–H and O–H groups in total. The zero-order chi connectivity index (χ0) is 13.4. The highest BCUT2D eigenvalue weighted by atomic mass is 16.1. The van der Waals surface area contributed by atoms with E-state index in [9.17, 15) is 4.79 Å². The molecule has 2 aliphatic rings. The van der Waals surface area contributed by atoms with Gasteiger partial charge >= 0.3 is 0 Å². The summed E-state index contributed by atoms with van der Waals surface area (Å²) < 4.78 is 1.94. The van der Waals surface area contributed by atoms with E-state index < -0.39 is 0 Å². The van der Waals surface area contributed by atoms with Gasteiger partial charge in [-0.25, -0.2) is 0 Å². The van der Waals surface area contributed by atoms with Crippen molar-refractivity contribution in [3.8, 4) is 0 Å². The number of ketones is 1. The number of piperazine rings is 1. The molecule has 2 unspecified atom stereocenters. The van der Waals surface area contributed by atoms with Gasteiger partial charge in [0.1, 0.15) is 0 Å². The summed E-state index contributed by atoms with van der Waals surface area (Å²) in [6, 6.07) is 3.08. The number of carbonyl (C=O) groups is 1. The van der Waals surface area contributed by atoms with Crippen LogP contribution in [0.15, 0.2) is 18.5 Å². The highest BCUT2D eigenvalue weighted by molar-refractivity contribution is 5.97. The Labute approximate surface area is 115 Å². The van der Waals surface area contributed by atoms with Crippen LogP contribution in [-0.2, 0) is 7.05 Å². The number of rotatable bonds is 3. The molecule has 3 heterocycles. The van der Waals surface area contributed by atoms with Crippen molar-refractivity contribution in [1.82, 2.24) is 14.4 Å². The van der Waals surface area contributed by atoms with E-state index in [0.29, 0.717) is 18.6 Å². The summed E-state index contributed by atoms with van der Waals surface area (Å²) in [6.45, 7) is 6.23. The third-order valence-corrected chi connectivity index (χ3v) is 4.57. The summed E-state index contributed by atoms with van der Waals surface area (Å²) in [4.78, 5) is 17.2. The molecule has 0 spiro atoms. The SMILES string of the molecule is CC1CN2CCCC2CN1CC(=O)c1ccn(C)c1. The highest BCUT2D eigenvalue weighted by Gasteiger charge is 2.34. The number of aryl methyl sites for hydroxylation is 1. The molecule has 1 aromatic heterocycles. The summed E-state index contributed by atoms with van der Waals surface area (Å²) >= 11 is 0. The van der Waals surface area contributed by atoms with Gasteiger partial charge in [-0.15, -0.1) is 0 Å². The lowest BCUT2D eigenvalue weighted by Crippen LogP contribution is -2.55. The lowest BCUT2D eigenvalue weighted by molar-refractivity contribution is 0.0535. The first-order valence-corrected chi connectivity index (χ1v) is 7.27. The van der Waals surface area contributed by atoms with E-state index >= 15 is 0 Å². The Kier molecular flexibility index (Phi) is 3.46. The van der Waals surface area contributed by atoms with Gasteiger partial charge in [-0.2, -0.15) is 0 Å². The first-order valence-electron chi connectivity index (χ1n) is 7.27. The van der Waals surface area contributed by atoms with Gasteiger partial charge in [0.25, 0.3) is 0 Å². The fourth-order valence-corrected chi connectivity index (χ4v) is 3.41. The molecule has 2 aliphatic heterocycles. The van der Waals surface area contributed by atoms with Crippen molar-refractivity contribution in [2.24, 2.45) is 7.05 Å². The second-order valence-electron chi connectivity index (χ2n) is 6.06. The number of fused-ring (bicyclic) bond motifs is 1. The van der Waals surface area contributed by atoms with Crippen LogP contribution in [0.2, 0.25) is 0 Å². The molecule has 2 fully saturated rings. The molecule has 0 saturated carbocycles. The Hall–Kier alpha value is -1.13.